The Kier molecular flexibility index (Phi) is 5.48. The minimum absolute atomic E-state index is 0.237. The number of nitrogens with one attached hydrogen (secondary N) is 1. The van der Waals surface area contributed by atoms with Gasteiger partial charge in [0.1, 0.15) is 11.6 Å². The van der Waals surface area contributed by atoms with E-state index in [0.717, 1.165) is 12.0 Å². The fourth-order valence-electron chi connectivity index (χ4n) is 3.11. The van der Waals surface area contributed by atoms with Gasteiger partial charge in [-0.05, 0) is 39.2 Å². The van der Waals surface area contributed by atoms with Gasteiger partial charge in [0.15, 0.2) is 0 Å². The summed E-state index contributed by atoms with van der Waals surface area (Å²) in [4.78, 5) is 30.9. The summed E-state index contributed by atoms with van der Waals surface area (Å²) < 4.78 is 7.30. The number of nitrogens with zero attached hydrogens (tertiary/aromatic N) is 3. The van der Waals surface area contributed by atoms with Crippen LogP contribution in [0.1, 0.15) is 39.2 Å². The van der Waals surface area contributed by atoms with E-state index in [1.165, 1.54) is 4.90 Å². The molecule has 1 unspecified atom stereocenters. The molecule has 0 radical (unpaired) electrons. The van der Waals surface area contributed by atoms with Crippen molar-refractivity contribution in [3.63, 3.8) is 0 Å². The van der Waals surface area contributed by atoms with Crippen LogP contribution in [0.25, 0.3) is 0 Å². The number of ether oxygens (including phenoxy) is 1. The maximum Gasteiger partial charge on any atom is 0.410 e. The summed E-state index contributed by atoms with van der Waals surface area (Å²) >= 11 is 0. The van der Waals surface area contributed by atoms with E-state index >= 15 is 0 Å². The van der Waals surface area contributed by atoms with Crippen molar-refractivity contribution in [3.8, 4) is 0 Å². The molecular formula is C20H26N4O3. The van der Waals surface area contributed by atoms with Crippen LogP contribution in [0.15, 0.2) is 42.7 Å². The predicted molar refractivity (Wildman–Crippen MR) is 102 cm³/mol. The van der Waals surface area contributed by atoms with E-state index in [0.29, 0.717) is 25.5 Å². The van der Waals surface area contributed by atoms with Gasteiger partial charge in [0.05, 0.1) is 6.54 Å². The summed E-state index contributed by atoms with van der Waals surface area (Å²) in [5, 5.41) is 2.86. The number of amides is 2. The van der Waals surface area contributed by atoms with Gasteiger partial charge in [-0.1, -0.05) is 30.3 Å². The van der Waals surface area contributed by atoms with Gasteiger partial charge in [0.25, 0.3) is 0 Å². The standard InChI is InChI=1S/C20H26N4O3/c1-20(2,3)27-19(26)24-12-7-10-16(24)17(25)22-18-21-11-13-23(18)14-15-8-5-4-6-9-15/h4-6,8-9,11,13,16H,7,10,12,14H2,1-3H3,(H,21,22,25). The van der Waals surface area contributed by atoms with Crippen LogP contribution in [0.4, 0.5) is 10.7 Å². The lowest BCUT2D eigenvalue weighted by molar-refractivity contribution is -0.120. The van der Waals surface area contributed by atoms with Gasteiger partial charge in [-0.3, -0.25) is 15.0 Å². The Morgan fingerprint density at radius 2 is 2.00 bits per heavy atom. The third-order valence-electron chi connectivity index (χ3n) is 4.33. The van der Waals surface area contributed by atoms with Crippen molar-refractivity contribution in [2.75, 3.05) is 11.9 Å². The molecule has 3 rings (SSSR count). The number of hydrogen-bond acceptors (Lipinski definition) is 4. The molecule has 7 heteroatoms. The third kappa shape index (κ3) is 4.87. The Balaban J connectivity index is 1.67. The molecule has 1 atom stereocenters. The number of likely N-dealkylation sites (tertiary alicyclic amines) is 1. The highest BCUT2D eigenvalue weighted by molar-refractivity contribution is 5.95. The van der Waals surface area contributed by atoms with Crippen LogP contribution in [0.2, 0.25) is 0 Å². The molecule has 27 heavy (non-hydrogen) atoms. The van der Waals surface area contributed by atoms with Crippen molar-refractivity contribution < 1.29 is 14.3 Å². The van der Waals surface area contributed by atoms with E-state index in [2.05, 4.69) is 10.3 Å². The topological polar surface area (TPSA) is 76.5 Å². The van der Waals surface area contributed by atoms with Crippen molar-refractivity contribution >= 4 is 17.9 Å². The van der Waals surface area contributed by atoms with Crippen molar-refractivity contribution in [1.29, 1.82) is 0 Å². The molecule has 1 aromatic carbocycles. The summed E-state index contributed by atoms with van der Waals surface area (Å²) in [5.74, 6) is 0.235. The highest BCUT2D eigenvalue weighted by atomic mass is 16.6. The van der Waals surface area contributed by atoms with E-state index in [1.54, 1.807) is 6.20 Å². The first kappa shape index (κ1) is 18.9. The van der Waals surface area contributed by atoms with E-state index in [1.807, 2.05) is 61.9 Å². The number of anilines is 1. The molecule has 2 heterocycles. The Hall–Kier alpha value is -2.83. The van der Waals surface area contributed by atoms with Crippen LogP contribution in [0.3, 0.4) is 0 Å². The van der Waals surface area contributed by atoms with Crippen LogP contribution in [-0.4, -0.2) is 44.6 Å². The summed E-state index contributed by atoms with van der Waals surface area (Å²) in [7, 11) is 0. The summed E-state index contributed by atoms with van der Waals surface area (Å²) in [5.41, 5.74) is 0.523. The molecule has 1 saturated heterocycles. The van der Waals surface area contributed by atoms with Crippen LogP contribution >= 0.6 is 0 Å². The molecule has 1 aliphatic heterocycles. The summed E-state index contributed by atoms with van der Waals surface area (Å²) in [6.45, 7) is 6.58. The molecule has 0 aliphatic carbocycles. The molecule has 1 N–H and O–H groups in total. The van der Waals surface area contributed by atoms with Gasteiger partial charge in [-0.15, -0.1) is 0 Å². The largest absolute Gasteiger partial charge is 0.444 e. The Bertz CT molecular complexity index is 795. The van der Waals surface area contributed by atoms with Gasteiger partial charge in [-0.2, -0.15) is 0 Å². The molecule has 0 saturated carbocycles. The zero-order chi connectivity index (χ0) is 19.4. The predicted octanol–water partition coefficient (Wildman–Crippen LogP) is 3.27. The van der Waals surface area contributed by atoms with Gasteiger partial charge in [0, 0.05) is 18.9 Å². The number of carbonyl (C=O) groups is 2. The van der Waals surface area contributed by atoms with E-state index in [9.17, 15) is 9.59 Å². The lowest BCUT2D eigenvalue weighted by Crippen LogP contribution is -2.45. The molecular weight excluding hydrogens is 344 g/mol. The van der Waals surface area contributed by atoms with E-state index < -0.39 is 17.7 Å². The van der Waals surface area contributed by atoms with Crippen LogP contribution in [-0.2, 0) is 16.1 Å². The van der Waals surface area contributed by atoms with Crippen LogP contribution in [0.5, 0.6) is 0 Å². The number of aromatic nitrogens is 2. The molecule has 2 amide bonds. The first-order chi connectivity index (χ1) is 12.8. The number of imidazole rings is 1. The van der Waals surface area contributed by atoms with E-state index in [-0.39, 0.29) is 5.91 Å². The minimum Gasteiger partial charge on any atom is -0.444 e. The Labute approximate surface area is 159 Å². The van der Waals surface area contributed by atoms with Crippen molar-refractivity contribution in [2.24, 2.45) is 0 Å². The SMILES string of the molecule is CC(C)(C)OC(=O)N1CCCC1C(=O)Nc1nccn1Cc1ccccc1. The highest BCUT2D eigenvalue weighted by Gasteiger charge is 2.37. The summed E-state index contributed by atoms with van der Waals surface area (Å²) in [6.07, 6.45) is 4.41. The highest BCUT2D eigenvalue weighted by Crippen LogP contribution is 2.22. The third-order valence-corrected chi connectivity index (χ3v) is 4.33. The maximum atomic E-state index is 12.8. The molecule has 0 spiro atoms. The molecule has 7 nitrogen and oxygen atoms in total. The monoisotopic (exact) mass is 370 g/mol. The van der Waals surface area contributed by atoms with E-state index in [4.69, 9.17) is 4.74 Å². The van der Waals surface area contributed by atoms with Crippen molar-refractivity contribution in [2.45, 2.75) is 51.8 Å². The summed E-state index contributed by atoms with van der Waals surface area (Å²) in [6, 6.07) is 9.41. The second-order valence-electron chi connectivity index (χ2n) is 7.69. The maximum absolute atomic E-state index is 12.8. The molecule has 1 aromatic heterocycles. The fourth-order valence-corrected chi connectivity index (χ4v) is 3.11. The minimum atomic E-state index is -0.591. The molecule has 1 fully saturated rings. The number of hydrogen-bond donors (Lipinski definition) is 1. The molecule has 144 valence electrons. The lowest BCUT2D eigenvalue weighted by Gasteiger charge is -2.28. The van der Waals surface area contributed by atoms with Gasteiger partial charge >= 0.3 is 6.09 Å². The second-order valence-corrected chi connectivity index (χ2v) is 7.69. The Morgan fingerprint density at radius 1 is 1.26 bits per heavy atom. The zero-order valence-corrected chi connectivity index (χ0v) is 16.0. The molecule has 0 bridgehead atoms. The zero-order valence-electron chi connectivity index (χ0n) is 16.0. The van der Waals surface area contributed by atoms with Gasteiger partial charge < -0.3 is 9.30 Å². The van der Waals surface area contributed by atoms with Crippen LogP contribution < -0.4 is 5.32 Å². The average molecular weight is 370 g/mol. The second kappa shape index (κ2) is 7.82. The normalized spacial score (nSPS) is 17.0. The van der Waals surface area contributed by atoms with Gasteiger partial charge in [-0.25, -0.2) is 9.78 Å². The number of rotatable bonds is 4. The first-order valence-corrected chi connectivity index (χ1v) is 9.19. The van der Waals surface area contributed by atoms with Crippen molar-refractivity contribution in [1.82, 2.24) is 14.5 Å². The first-order valence-electron chi connectivity index (χ1n) is 9.19. The Morgan fingerprint density at radius 3 is 2.70 bits per heavy atom. The number of benzene rings is 1. The molecule has 1 aliphatic rings. The fraction of sp³-hybridized carbons (Fsp3) is 0.450. The smallest absolute Gasteiger partial charge is 0.410 e. The lowest BCUT2D eigenvalue weighted by atomic mass is 10.2. The average Bonchev–Trinajstić information content (AvgIpc) is 3.24. The van der Waals surface area contributed by atoms with Gasteiger partial charge in [0.2, 0.25) is 11.9 Å². The molecule has 2 aromatic rings. The van der Waals surface area contributed by atoms with Crippen molar-refractivity contribution in [3.05, 3.63) is 48.3 Å². The van der Waals surface area contributed by atoms with Crippen LogP contribution in [0, 0.1) is 0 Å². The quantitative estimate of drug-likeness (QED) is 0.896. The number of carbonyl (C=O) groups excluding carboxylic acids is 2.